The molecule has 1 heterocycles. The van der Waals surface area contributed by atoms with Crippen LogP contribution in [-0.2, 0) is 16.0 Å². The number of aryl methyl sites for hydroxylation is 1. The molecule has 1 saturated heterocycles. The fraction of sp³-hybridized carbons (Fsp3) is 0.381. The summed E-state index contributed by atoms with van der Waals surface area (Å²) in [4.78, 5) is 14.7. The average Bonchev–Trinajstić information content (AvgIpc) is 2.61. The number of morpholine rings is 1. The monoisotopic (exact) mass is 341 g/mol. The van der Waals surface area contributed by atoms with Gasteiger partial charge in [0.05, 0.1) is 18.7 Å². The molecule has 25 heavy (non-hydrogen) atoms. The summed E-state index contributed by atoms with van der Waals surface area (Å²) in [5, 5.41) is 0. The number of rotatable bonds is 4. The topological polar surface area (TPSA) is 29.5 Å². The third-order valence-corrected chi connectivity index (χ3v) is 4.74. The Morgan fingerprint density at radius 2 is 1.84 bits per heavy atom. The molecule has 0 N–H and O–H groups in total. The van der Waals surface area contributed by atoms with Crippen molar-refractivity contribution in [2.24, 2.45) is 0 Å². The Bertz CT molecular complexity index is 730. The molecule has 0 aliphatic carbocycles. The average molecular weight is 341 g/mol. The number of nitrogens with zero attached hydrogens (tertiary/aromatic N) is 1. The highest BCUT2D eigenvalue weighted by molar-refractivity contribution is 5.77. The summed E-state index contributed by atoms with van der Waals surface area (Å²) in [6.45, 7) is 4.75. The predicted octanol–water partition coefficient (Wildman–Crippen LogP) is 4.14. The van der Waals surface area contributed by atoms with Crippen LogP contribution in [0.15, 0.2) is 54.6 Å². The quantitative estimate of drug-likeness (QED) is 0.836. The van der Waals surface area contributed by atoms with Crippen molar-refractivity contribution >= 4 is 5.91 Å². The van der Waals surface area contributed by atoms with E-state index in [0.29, 0.717) is 31.6 Å². The van der Waals surface area contributed by atoms with Crippen molar-refractivity contribution in [3.05, 3.63) is 71.5 Å². The van der Waals surface area contributed by atoms with Crippen molar-refractivity contribution in [2.75, 3.05) is 13.2 Å². The van der Waals surface area contributed by atoms with Gasteiger partial charge in [-0.3, -0.25) is 4.79 Å². The van der Waals surface area contributed by atoms with Gasteiger partial charge >= 0.3 is 0 Å². The summed E-state index contributed by atoms with van der Waals surface area (Å²) in [7, 11) is 0. The maximum atomic E-state index is 14.1. The van der Waals surface area contributed by atoms with E-state index in [4.69, 9.17) is 4.74 Å². The fourth-order valence-corrected chi connectivity index (χ4v) is 3.24. The summed E-state index contributed by atoms with van der Waals surface area (Å²) in [5.74, 6) is -0.206. The van der Waals surface area contributed by atoms with E-state index in [1.165, 1.54) is 6.07 Å². The first kappa shape index (κ1) is 17.6. The van der Waals surface area contributed by atoms with Crippen molar-refractivity contribution in [2.45, 2.75) is 38.3 Å². The van der Waals surface area contributed by atoms with Gasteiger partial charge in [-0.2, -0.15) is 0 Å². The SMILES string of the molecule is CC1(C)COC(c2ccccc2F)CN1C(=O)CCc1ccccc1. The number of amides is 1. The van der Waals surface area contributed by atoms with Gasteiger partial charge in [0.15, 0.2) is 0 Å². The maximum absolute atomic E-state index is 14.1. The number of hydrogen-bond donors (Lipinski definition) is 0. The molecule has 0 saturated carbocycles. The lowest BCUT2D eigenvalue weighted by Gasteiger charge is -2.45. The lowest BCUT2D eigenvalue weighted by Crippen LogP contribution is -2.56. The highest BCUT2D eigenvalue weighted by Gasteiger charge is 2.38. The molecule has 0 radical (unpaired) electrons. The lowest BCUT2D eigenvalue weighted by molar-refractivity contribution is -0.155. The largest absolute Gasteiger partial charge is 0.369 e. The summed E-state index contributed by atoms with van der Waals surface area (Å²) < 4.78 is 20.0. The molecular formula is C21H24FNO2. The van der Waals surface area contributed by atoms with E-state index in [-0.39, 0.29) is 11.7 Å². The van der Waals surface area contributed by atoms with Crippen LogP contribution in [0.1, 0.15) is 37.5 Å². The van der Waals surface area contributed by atoms with Gasteiger partial charge in [0, 0.05) is 12.0 Å². The second-order valence-corrected chi connectivity index (χ2v) is 7.12. The number of halogens is 1. The Balaban J connectivity index is 1.71. The van der Waals surface area contributed by atoms with Crippen molar-refractivity contribution in [3.63, 3.8) is 0 Å². The zero-order chi connectivity index (χ0) is 17.9. The molecule has 0 aromatic heterocycles. The second kappa shape index (κ2) is 7.36. The summed E-state index contributed by atoms with van der Waals surface area (Å²) >= 11 is 0. The molecule has 4 heteroatoms. The molecule has 132 valence electrons. The van der Waals surface area contributed by atoms with Gasteiger partial charge in [-0.15, -0.1) is 0 Å². The van der Waals surface area contributed by atoms with Gasteiger partial charge in [-0.1, -0.05) is 48.5 Å². The van der Waals surface area contributed by atoms with Crippen LogP contribution in [-0.4, -0.2) is 29.5 Å². The van der Waals surface area contributed by atoms with Crippen molar-refractivity contribution in [3.8, 4) is 0 Å². The van der Waals surface area contributed by atoms with Crippen molar-refractivity contribution in [1.82, 2.24) is 4.90 Å². The van der Waals surface area contributed by atoms with Crippen LogP contribution >= 0.6 is 0 Å². The smallest absolute Gasteiger partial charge is 0.223 e. The van der Waals surface area contributed by atoms with Gasteiger partial charge in [0.25, 0.3) is 0 Å². The molecule has 1 atom stereocenters. The number of ether oxygens (including phenoxy) is 1. The molecule has 2 aromatic carbocycles. The molecule has 0 spiro atoms. The Kier molecular flexibility index (Phi) is 5.19. The van der Waals surface area contributed by atoms with Crippen molar-refractivity contribution < 1.29 is 13.9 Å². The van der Waals surface area contributed by atoms with Crippen LogP contribution in [0.2, 0.25) is 0 Å². The van der Waals surface area contributed by atoms with E-state index in [9.17, 15) is 9.18 Å². The minimum Gasteiger partial charge on any atom is -0.369 e. The zero-order valence-electron chi connectivity index (χ0n) is 14.7. The molecular weight excluding hydrogens is 317 g/mol. The standard InChI is InChI=1S/C21H24FNO2/c1-21(2)15-25-19(17-10-6-7-11-18(17)22)14-23(21)20(24)13-12-16-8-4-3-5-9-16/h3-11,19H,12-15H2,1-2H3. The van der Waals surface area contributed by atoms with Gasteiger partial charge in [-0.25, -0.2) is 4.39 Å². The molecule has 1 amide bonds. The maximum Gasteiger partial charge on any atom is 0.223 e. The Morgan fingerprint density at radius 3 is 2.56 bits per heavy atom. The Hall–Kier alpha value is -2.20. The molecule has 2 aromatic rings. The van der Waals surface area contributed by atoms with Crippen LogP contribution in [0.3, 0.4) is 0 Å². The van der Waals surface area contributed by atoms with E-state index in [1.807, 2.05) is 49.1 Å². The summed E-state index contributed by atoms with van der Waals surface area (Å²) in [6.07, 6.45) is 0.726. The highest BCUT2D eigenvalue weighted by atomic mass is 19.1. The van der Waals surface area contributed by atoms with Crippen LogP contribution in [0.5, 0.6) is 0 Å². The minimum atomic E-state index is -0.421. The van der Waals surface area contributed by atoms with Gasteiger partial charge in [0.1, 0.15) is 11.9 Å². The zero-order valence-corrected chi connectivity index (χ0v) is 14.7. The van der Waals surface area contributed by atoms with Crippen LogP contribution in [0, 0.1) is 5.82 Å². The predicted molar refractivity (Wildman–Crippen MR) is 95.6 cm³/mol. The van der Waals surface area contributed by atoms with Gasteiger partial charge in [0.2, 0.25) is 5.91 Å². The molecule has 1 aliphatic rings. The molecule has 0 bridgehead atoms. The summed E-state index contributed by atoms with van der Waals surface area (Å²) in [5.41, 5.74) is 1.27. The normalized spacial score (nSPS) is 19.6. The minimum absolute atomic E-state index is 0.0819. The number of carbonyl (C=O) groups excluding carboxylic acids is 1. The molecule has 3 rings (SSSR count). The second-order valence-electron chi connectivity index (χ2n) is 7.12. The van der Waals surface area contributed by atoms with E-state index in [0.717, 1.165) is 5.56 Å². The Labute approximate surface area is 148 Å². The van der Waals surface area contributed by atoms with Gasteiger partial charge in [-0.05, 0) is 31.9 Å². The van der Waals surface area contributed by atoms with E-state index in [1.54, 1.807) is 18.2 Å². The first-order valence-corrected chi connectivity index (χ1v) is 8.68. The van der Waals surface area contributed by atoms with E-state index in [2.05, 4.69) is 0 Å². The summed E-state index contributed by atoms with van der Waals surface area (Å²) in [6, 6.07) is 16.6. The van der Waals surface area contributed by atoms with Crippen LogP contribution < -0.4 is 0 Å². The highest BCUT2D eigenvalue weighted by Crippen LogP contribution is 2.32. The number of carbonyl (C=O) groups is 1. The number of benzene rings is 2. The van der Waals surface area contributed by atoms with Gasteiger partial charge < -0.3 is 9.64 Å². The lowest BCUT2D eigenvalue weighted by atomic mass is 9.96. The molecule has 1 unspecified atom stereocenters. The van der Waals surface area contributed by atoms with Crippen molar-refractivity contribution in [1.29, 1.82) is 0 Å². The van der Waals surface area contributed by atoms with Crippen LogP contribution in [0.4, 0.5) is 4.39 Å². The third kappa shape index (κ3) is 4.07. The molecule has 1 aliphatic heterocycles. The van der Waals surface area contributed by atoms with Crippen LogP contribution in [0.25, 0.3) is 0 Å². The third-order valence-electron chi connectivity index (χ3n) is 4.74. The number of hydrogen-bond acceptors (Lipinski definition) is 2. The van der Waals surface area contributed by atoms with E-state index >= 15 is 0 Å². The Morgan fingerprint density at radius 1 is 1.16 bits per heavy atom. The first-order chi connectivity index (χ1) is 12.0. The molecule has 1 fully saturated rings. The first-order valence-electron chi connectivity index (χ1n) is 8.68. The fourth-order valence-electron chi connectivity index (χ4n) is 3.24. The van der Waals surface area contributed by atoms with E-state index < -0.39 is 11.6 Å². The molecule has 3 nitrogen and oxygen atoms in total.